The van der Waals surface area contributed by atoms with Gasteiger partial charge in [0.2, 0.25) is 9.84 Å². The molecule has 0 atom stereocenters. The van der Waals surface area contributed by atoms with Crippen molar-refractivity contribution in [3.63, 3.8) is 0 Å². The molecule has 1 aromatic carbocycles. The summed E-state index contributed by atoms with van der Waals surface area (Å²) in [4.78, 5) is 25.7. The van der Waals surface area contributed by atoms with Gasteiger partial charge in [-0.3, -0.25) is 9.59 Å². The Kier molecular flexibility index (Phi) is 4.84. The van der Waals surface area contributed by atoms with Gasteiger partial charge in [0.15, 0.2) is 11.4 Å². The molecule has 0 fully saturated rings. The Morgan fingerprint density at radius 3 is 2.42 bits per heavy atom. The van der Waals surface area contributed by atoms with E-state index in [0.29, 0.717) is 0 Å². The van der Waals surface area contributed by atoms with Gasteiger partial charge in [-0.05, 0) is 19.1 Å². The Hall–Kier alpha value is -2.94. The van der Waals surface area contributed by atoms with Gasteiger partial charge in [0.25, 0.3) is 5.91 Å². The summed E-state index contributed by atoms with van der Waals surface area (Å²) in [6, 6.07) is 7.59. The zero-order valence-corrected chi connectivity index (χ0v) is 13.4. The number of aromatic hydroxyl groups is 1. The Bertz CT molecular complexity index is 894. The molecule has 3 N–H and O–H groups in total. The predicted octanol–water partition coefficient (Wildman–Crippen LogP) is 0.743. The average Bonchev–Trinajstić information content (AvgIpc) is 2.55. The fourth-order valence-electron chi connectivity index (χ4n) is 1.98. The van der Waals surface area contributed by atoms with Crippen LogP contribution in [0.5, 0.6) is 5.75 Å². The lowest BCUT2D eigenvalue weighted by Gasteiger charge is -2.11. The minimum Gasteiger partial charge on any atom is -0.505 e. The quantitative estimate of drug-likeness (QED) is 0.724. The molecule has 8 nitrogen and oxygen atoms in total. The predicted molar refractivity (Wildman–Crippen MR) is 82.5 cm³/mol. The number of pyridine rings is 1. The minimum absolute atomic E-state index is 0.0254. The molecule has 0 saturated heterocycles. The summed E-state index contributed by atoms with van der Waals surface area (Å²) in [6.45, 7) is 0.684. The van der Waals surface area contributed by atoms with E-state index >= 15 is 0 Å². The topological polar surface area (TPSA) is 134 Å². The molecule has 1 amide bonds. The van der Waals surface area contributed by atoms with Gasteiger partial charge in [-0.25, -0.2) is 13.4 Å². The van der Waals surface area contributed by atoms with Crippen molar-refractivity contribution in [2.75, 3.05) is 6.54 Å². The number of hydrogen-bond acceptors (Lipinski definition) is 6. The molecular formula is C15H14N2O6S. The number of rotatable bonds is 5. The van der Waals surface area contributed by atoms with Crippen LogP contribution in [-0.4, -0.2) is 42.0 Å². The first-order chi connectivity index (χ1) is 11.2. The van der Waals surface area contributed by atoms with Crippen LogP contribution in [0.1, 0.15) is 16.1 Å². The van der Waals surface area contributed by atoms with E-state index in [1.54, 1.807) is 18.2 Å². The van der Waals surface area contributed by atoms with Gasteiger partial charge in [-0.2, -0.15) is 0 Å². The number of amides is 1. The summed E-state index contributed by atoms with van der Waals surface area (Å²) in [5.74, 6) is -2.79. The van der Waals surface area contributed by atoms with Crippen LogP contribution in [0.4, 0.5) is 0 Å². The Morgan fingerprint density at radius 1 is 1.21 bits per heavy atom. The molecule has 0 aliphatic heterocycles. The molecule has 1 heterocycles. The Balaban J connectivity index is 2.44. The average molecular weight is 350 g/mol. The number of aliphatic carboxylic acids is 1. The lowest BCUT2D eigenvalue weighted by molar-refractivity contribution is -0.135. The van der Waals surface area contributed by atoms with E-state index in [9.17, 15) is 23.1 Å². The second-order valence-corrected chi connectivity index (χ2v) is 6.76. The van der Waals surface area contributed by atoms with Crippen LogP contribution in [-0.2, 0) is 14.6 Å². The van der Waals surface area contributed by atoms with Crippen molar-refractivity contribution in [1.82, 2.24) is 10.3 Å². The number of sulfone groups is 1. The maximum absolute atomic E-state index is 12.6. The van der Waals surface area contributed by atoms with E-state index in [1.807, 2.05) is 5.32 Å². The highest BCUT2D eigenvalue weighted by Crippen LogP contribution is 2.30. The van der Waals surface area contributed by atoms with Gasteiger partial charge >= 0.3 is 5.97 Å². The van der Waals surface area contributed by atoms with Gasteiger partial charge in [0.1, 0.15) is 6.54 Å². The number of aromatic nitrogens is 1. The van der Waals surface area contributed by atoms with Gasteiger partial charge in [0.05, 0.1) is 9.79 Å². The molecule has 24 heavy (non-hydrogen) atoms. The third-order valence-electron chi connectivity index (χ3n) is 3.22. The molecule has 2 rings (SSSR count). The fraction of sp³-hybridized carbons (Fsp3) is 0.133. The lowest BCUT2D eigenvalue weighted by Crippen LogP contribution is -2.30. The van der Waals surface area contributed by atoms with Gasteiger partial charge < -0.3 is 15.5 Å². The third-order valence-corrected chi connectivity index (χ3v) is 5.10. The van der Waals surface area contributed by atoms with Crippen molar-refractivity contribution < 1.29 is 28.2 Å². The van der Waals surface area contributed by atoms with E-state index in [0.717, 1.165) is 6.20 Å². The van der Waals surface area contributed by atoms with E-state index in [2.05, 4.69) is 4.98 Å². The standard InChI is InChI=1S/C15H14N2O6S/c1-9-11(24(22,23)10-5-3-2-4-6-10)7-16-13(14(9)20)15(21)17-8-12(18)19/h2-7,20H,8H2,1H3,(H,17,21)(H,18,19). The molecule has 0 bridgehead atoms. The van der Waals surface area contributed by atoms with Crippen LogP contribution < -0.4 is 5.32 Å². The van der Waals surface area contributed by atoms with Crippen molar-refractivity contribution in [3.05, 3.63) is 47.8 Å². The number of carbonyl (C=O) groups is 2. The van der Waals surface area contributed by atoms with Gasteiger partial charge in [-0.1, -0.05) is 18.2 Å². The molecule has 0 spiro atoms. The molecule has 1 aromatic heterocycles. The van der Waals surface area contributed by atoms with Crippen LogP contribution in [0.3, 0.4) is 0 Å². The lowest BCUT2D eigenvalue weighted by atomic mass is 10.2. The summed E-state index contributed by atoms with van der Waals surface area (Å²) in [5.41, 5.74) is -0.491. The van der Waals surface area contributed by atoms with Crippen LogP contribution in [0, 0.1) is 6.92 Å². The smallest absolute Gasteiger partial charge is 0.322 e. The molecule has 0 aliphatic rings. The maximum Gasteiger partial charge on any atom is 0.322 e. The van der Waals surface area contributed by atoms with Crippen LogP contribution in [0.15, 0.2) is 46.3 Å². The number of carbonyl (C=O) groups excluding carboxylic acids is 1. The first-order valence-corrected chi connectivity index (χ1v) is 8.22. The highest BCUT2D eigenvalue weighted by molar-refractivity contribution is 7.91. The van der Waals surface area contributed by atoms with Gasteiger partial charge in [0, 0.05) is 11.8 Å². The van der Waals surface area contributed by atoms with Gasteiger partial charge in [-0.15, -0.1) is 0 Å². The molecule has 0 saturated carbocycles. The van der Waals surface area contributed by atoms with Crippen molar-refractivity contribution >= 4 is 21.7 Å². The molecule has 0 unspecified atom stereocenters. The summed E-state index contributed by atoms with van der Waals surface area (Å²) in [5, 5.41) is 20.7. The number of benzene rings is 1. The molecule has 126 valence electrons. The van der Waals surface area contributed by atoms with Crippen molar-refractivity contribution in [2.45, 2.75) is 16.7 Å². The maximum atomic E-state index is 12.6. The fourth-order valence-corrected chi connectivity index (χ4v) is 3.44. The number of carboxylic acids is 1. The van der Waals surface area contributed by atoms with Crippen molar-refractivity contribution in [2.24, 2.45) is 0 Å². The van der Waals surface area contributed by atoms with Crippen molar-refractivity contribution in [1.29, 1.82) is 0 Å². The van der Waals surface area contributed by atoms with E-state index in [1.165, 1.54) is 19.1 Å². The monoisotopic (exact) mass is 350 g/mol. The summed E-state index contributed by atoms with van der Waals surface area (Å²) in [6.07, 6.45) is 0.965. The highest BCUT2D eigenvalue weighted by Gasteiger charge is 2.25. The van der Waals surface area contributed by atoms with Crippen LogP contribution >= 0.6 is 0 Å². The minimum atomic E-state index is -3.91. The number of carboxylic acid groups (broad SMARTS) is 1. The SMILES string of the molecule is Cc1c(S(=O)(=O)c2ccccc2)cnc(C(=O)NCC(=O)O)c1O. The third kappa shape index (κ3) is 3.35. The summed E-state index contributed by atoms with van der Waals surface area (Å²) in [7, 11) is -3.91. The molecule has 2 aromatic rings. The number of nitrogens with zero attached hydrogens (tertiary/aromatic N) is 1. The first kappa shape index (κ1) is 17.4. The second-order valence-electron chi connectivity index (χ2n) is 4.84. The van der Waals surface area contributed by atoms with Crippen molar-refractivity contribution in [3.8, 4) is 5.75 Å². The van der Waals surface area contributed by atoms with Crippen LogP contribution in [0.2, 0.25) is 0 Å². The van der Waals surface area contributed by atoms with Crippen LogP contribution in [0.25, 0.3) is 0 Å². The largest absolute Gasteiger partial charge is 0.505 e. The van der Waals surface area contributed by atoms with E-state index in [-0.39, 0.29) is 15.4 Å². The van der Waals surface area contributed by atoms with E-state index < -0.39 is 39.7 Å². The molecule has 0 radical (unpaired) electrons. The second kappa shape index (κ2) is 6.67. The summed E-state index contributed by atoms with van der Waals surface area (Å²) < 4.78 is 25.1. The Morgan fingerprint density at radius 2 is 1.83 bits per heavy atom. The molecule has 9 heteroatoms. The molecular weight excluding hydrogens is 336 g/mol. The Labute approximate surface area is 137 Å². The normalized spacial score (nSPS) is 11.0. The molecule has 0 aliphatic carbocycles. The van der Waals surface area contributed by atoms with E-state index in [4.69, 9.17) is 5.11 Å². The zero-order chi connectivity index (χ0) is 17.9. The number of nitrogens with one attached hydrogen (secondary N) is 1. The zero-order valence-electron chi connectivity index (χ0n) is 12.6. The summed E-state index contributed by atoms with van der Waals surface area (Å²) >= 11 is 0. The number of hydrogen-bond donors (Lipinski definition) is 3. The highest BCUT2D eigenvalue weighted by atomic mass is 32.2. The first-order valence-electron chi connectivity index (χ1n) is 6.74.